The summed E-state index contributed by atoms with van der Waals surface area (Å²) in [6.45, 7) is 6.52. The molecule has 1 aliphatic rings. The molecular formula is C28H30N4O. The fourth-order valence-electron chi connectivity index (χ4n) is 5.06. The van der Waals surface area contributed by atoms with Crippen molar-refractivity contribution < 1.29 is 4.74 Å². The Bertz CT molecular complexity index is 1240. The van der Waals surface area contributed by atoms with Crippen molar-refractivity contribution in [1.29, 1.82) is 0 Å². The van der Waals surface area contributed by atoms with Gasteiger partial charge in [-0.15, -0.1) is 0 Å². The monoisotopic (exact) mass is 438 g/mol. The predicted octanol–water partition coefficient (Wildman–Crippen LogP) is 6.03. The van der Waals surface area contributed by atoms with Gasteiger partial charge in [0.15, 0.2) is 0 Å². The van der Waals surface area contributed by atoms with Gasteiger partial charge in [-0.1, -0.05) is 37.3 Å². The Hall–Kier alpha value is -3.47. The number of hydrogen-bond donors (Lipinski definition) is 0. The number of rotatable bonds is 5. The summed E-state index contributed by atoms with van der Waals surface area (Å²) >= 11 is 0. The topological polar surface area (TPSA) is 51.1 Å². The lowest BCUT2D eigenvalue weighted by Gasteiger charge is -2.37. The van der Waals surface area contributed by atoms with E-state index < -0.39 is 0 Å². The van der Waals surface area contributed by atoms with E-state index in [1.165, 1.54) is 18.4 Å². The lowest BCUT2D eigenvalue weighted by molar-refractivity contribution is 0.364. The van der Waals surface area contributed by atoms with Crippen LogP contribution in [0.2, 0.25) is 0 Å². The molecule has 1 aliphatic heterocycles. The Morgan fingerprint density at radius 2 is 1.85 bits per heavy atom. The largest absolute Gasteiger partial charge is 0.481 e. The Labute approximate surface area is 195 Å². The van der Waals surface area contributed by atoms with Crippen molar-refractivity contribution >= 4 is 16.7 Å². The molecule has 168 valence electrons. The van der Waals surface area contributed by atoms with E-state index in [9.17, 15) is 0 Å². The summed E-state index contributed by atoms with van der Waals surface area (Å²) in [7, 11) is 1.64. The number of methoxy groups -OCH3 is 1. The third kappa shape index (κ3) is 4.28. The second-order valence-electron chi connectivity index (χ2n) is 9.02. The fraction of sp³-hybridized carbons (Fsp3) is 0.321. The maximum atomic E-state index is 5.22. The normalized spacial score (nSPS) is 17.2. The number of fused-ring (bicyclic) bond motifs is 1. The molecule has 0 spiro atoms. The Balaban J connectivity index is 1.50. The van der Waals surface area contributed by atoms with Crippen molar-refractivity contribution in [3.63, 3.8) is 0 Å². The van der Waals surface area contributed by atoms with Gasteiger partial charge in [0.1, 0.15) is 12.1 Å². The van der Waals surface area contributed by atoms with Crippen LogP contribution in [0.5, 0.6) is 5.88 Å². The molecule has 2 aromatic heterocycles. The van der Waals surface area contributed by atoms with Crippen molar-refractivity contribution in [3.05, 3.63) is 78.2 Å². The van der Waals surface area contributed by atoms with Crippen LogP contribution < -0.4 is 9.64 Å². The molecule has 4 aromatic rings. The summed E-state index contributed by atoms with van der Waals surface area (Å²) in [4.78, 5) is 16.3. The number of piperidine rings is 1. The van der Waals surface area contributed by atoms with E-state index in [1.54, 1.807) is 13.4 Å². The van der Waals surface area contributed by atoms with Crippen LogP contribution in [-0.2, 0) is 0 Å². The molecule has 0 amide bonds. The molecule has 1 fully saturated rings. The average Bonchev–Trinajstić information content (AvgIpc) is 2.88. The van der Waals surface area contributed by atoms with Gasteiger partial charge in [-0.3, -0.25) is 0 Å². The molecule has 5 rings (SSSR count). The van der Waals surface area contributed by atoms with Crippen molar-refractivity contribution in [2.75, 3.05) is 25.1 Å². The highest BCUT2D eigenvalue weighted by molar-refractivity contribution is 5.95. The van der Waals surface area contributed by atoms with Gasteiger partial charge in [-0.25, -0.2) is 15.0 Å². The molecule has 33 heavy (non-hydrogen) atoms. The lowest BCUT2D eigenvalue weighted by Crippen LogP contribution is -2.38. The third-order valence-electron chi connectivity index (χ3n) is 6.98. The minimum atomic E-state index is 0.518. The lowest BCUT2D eigenvalue weighted by atomic mass is 9.82. The molecule has 1 unspecified atom stereocenters. The van der Waals surface area contributed by atoms with Crippen LogP contribution in [0, 0.1) is 12.8 Å². The van der Waals surface area contributed by atoms with Crippen LogP contribution in [0.4, 0.5) is 5.82 Å². The summed E-state index contributed by atoms with van der Waals surface area (Å²) < 4.78 is 5.22. The summed E-state index contributed by atoms with van der Waals surface area (Å²) in [5.41, 5.74) is 5.76. The van der Waals surface area contributed by atoms with Gasteiger partial charge < -0.3 is 9.64 Å². The Morgan fingerprint density at radius 3 is 2.61 bits per heavy atom. The molecular weight excluding hydrogens is 408 g/mol. The molecule has 2 atom stereocenters. The van der Waals surface area contributed by atoms with Crippen molar-refractivity contribution in [3.8, 4) is 17.0 Å². The highest BCUT2D eigenvalue weighted by atomic mass is 16.5. The number of pyridine rings is 1. The third-order valence-corrected chi connectivity index (χ3v) is 6.98. The molecule has 5 nitrogen and oxygen atoms in total. The van der Waals surface area contributed by atoms with Crippen LogP contribution in [0.25, 0.3) is 22.0 Å². The molecule has 0 radical (unpaired) electrons. The zero-order valence-corrected chi connectivity index (χ0v) is 19.5. The van der Waals surface area contributed by atoms with Crippen molar-refractivity contribution in [1.82, 2.24) is 15.0 Å². The highest BCUT2D eigenvalue weighted by Crippen LogP contribution is 2.36. The number of hydrogen-bond acceptors (Lipinski definition) is 5. The van der Waals surface area contributed by atoms with E-state index in [-0.39, 0.29) is 0 Å². The van der Waals surface area contributed by atoms with E-state index >= 15 is 0 Å². The van der Waals surface area contributed by atoms with Gasteiger partial charge in [0.05, 0.1) is 12.6 Å². The summed E-state index contributed by atoms with van der Waals surface area (Å²) in [6, 6.07) is 19.2. The molecule has 5 heteroatoms. The number of nitrogens with zero attached hydrogens (tertiary/aromatic N) is 4. The molecule has 0 bridgehead atoms. The maximum Gasteiger partial charge on any atom is 0.212 e. The summed E-state index contributed by atoms with van der Waals surface area (Å²) in [5.74, 6) is 2.77. The molecule has 2 aromatic carbocycles. The molecule has 3 heterocycles. The number of benzene rings is 2. The second-order valence-corrected chi connectivity index (χ2v) is 9.02. The van der Waals surface area contributed by atoms with E-state index in [4.69, 9.17) is 9.72 Å². The first-order valence-electron chi connectivity index (χ1n) is 11.7. The second kappa shape index (κ2) is 9.18. The molecule has 1 saturated heterocycles. The Morgan fingerprint density at radius 1 is 1.00 bits per heavy atom. The molecule has 0 N–H and O–H groups in total. The van der Waals surface area contributed by atoms with E-state index in [1.807, 2.05) is 18.3 Å². The standard InChI is InChI=1S/C28H30N4O/c1-19-14-24(22-11-12-26(33-3)29-16-22)15-25-27(19)30-18-31-28(25)32-13-7-10-23(17-32)20(2)21-8-5-4-6-9-21/h4-6,8-9,11-12,14-16,18,20,23H,7,10,13,17H2,1-3H3/t20?,23-/m1/s1. The van der Waals surface area contributed by atoms with E-state index in [0.29, 0.717) is 17.7 Å². The predicted molar refractivity (Wildman–Crippen MR) is 134 cm³/mol. The van der Waals surface area contributed by atoms with Crippen LogP contribution in [0.1, 0.15) is 36.8 Å². The van der Waals surface area contributed by atoms with Crippen LogP contribution in [0.15, 0.2) is 67.1 Å². The SMILES string of the molecule is COc1ccc(-c2cc(C)c3ncnc(N4CCC[C@@H](C(C)c5ccccc5)C4)c3c2)cn1. The minimum Gasteiger partial charge on any atom is -0.481 e. The average molecular weight is 439 g/mol. The number of ether oxygens (including phenoxy) is 1. The Kier molecular flexibility index (Phi) is 5.95. The zero-order chi connectivity index (χ0) is 22.8. The fourth-order valence-corrected chi connectivity index (χ4v) is 5.06. The van der Waals surface area contributed by atoms with E-state index in [0.717, 1.165) is 46.5 Å². The van der Waals surface area contributed by atoms with Gasteiger partial charge >= 0.3 is 0 Å². The summed E-state index contributed by atoms with van der Waals surface area (Å²) in [5, 5.41) is 1.11. The highest BCUT2D eigenvalue weighted by Gasteiger charge is 2.27. The quantitative estimate of drug-likeness (QED) is 0.381. The number of aromatic nitrogens is 3. The van der Waals surface area contributed by atoms with Gasteiger partial charge in [-0.2, -0.15) is 0 Å². The van der Waals surface area contributed by atoms with E-state index in [2.05, 4.69) is 71.2 Å². The van der Waals surface area contributed by atoms with Gasteiger partial charge in [0.25, 0.3) is 0 Å². The van der Waals surface area contributed by atoms with Gasteiger partial charge in [0, 0.05) is 36.3 Å². The van der Waals surface area contributed by atoms with Gasteiger partial charge in [0.2, 0.25) is 5.88 Å². The number of aryl methyl sites for hydroxylation is 1. The first-order chi connectivity index (χ1) is 16.1. The van der Waals surface area contributed by atoms with Gasteiger partial charge in [-0.05, 0) is 66.5 Å². The molecule has 0 saturated carbocycles. The van der Waals surface area contributed by atoms with Crippen LogP contribution in [0.3, 0.4) is 0 Å². The zero-order valence-electron chi connectivity index (χ0n) is 19.5. The minimum absolute atomic E-state index is 0.518. The maximum absolute atomic E-state index is 5.22. The number of anilines is 1. The molecule has 0 aliphatic carbocycles. The first-order valence-corrected chi connectivity index (χ1v) is 11.7. The van der Waals surface area contributed by atoms with Crippen LogP contribution in [-0.4, -0.2) is 35.2 Å². The van der Waals surface area contributed by atoms with Crippen molar-refractivity contribution in [2.24, 2.45) is 5.92 Å². The van der Waals surface area contributed by atoms with Crippen LogP contribution >= 0.6 is 0 Å². The smallest absolute Gasteiger partial charge is 0.212 e. The van der Waals surface area contributed by atoms with Crippen molar-refractivity contribution in [2.45, 2.75) is 32.6 Å². The first kappa shape index (κ1) is 21.4. The summed E-state index contributed by atoms with van der Waals surface area (Å²) in [6.07, 6.45) is 6.00.